The van der Waals surface area contributed by atoms with E-state index < -0.39 is 119 Å². The van der Waals surface area contributed by atoms with E-state index in [4.69, 9.17) is 24.5 Å². The molecule has 76 heavy (non-hydrogen) atoms. The number of nitrogens with one attached hydrogen (secondary N) is 7. The Kier molecular flexibility index (Phi) is 22.0. The van der Waals surface area contributed by atoms with Crippen molar-refractivity contribution in [3.63, 3.8) is 0 Å². The van der Waals surface area contributed by atoms with Gasteiger partial charge in [0.2, 0.25) is 41.4 Å². The highest BCUT2D eigenvalue weighted by molar-refractivity contribution is 9.10. The number of unbranched alkanes of at least 4 members (excludes halogenated alkanes) is 1. The van der Waals surface area contributed by atoms with Gasteiger partial charge in [-0.25, -0.2) is 4.79 Å². The summed E-state index contributed by atoms with van der Waals surface area (Å²) in [5.74, 6) is -5.99. The monoisotopic (exact) mass is 1120 g/mol. The van der Waals surface area contributed by atoms with E-state index in [0.717, 1.165) is 0 Å². The third kappa shape index (κ3) is 17.5. The largest absolute Gasteiger partial charge is 0.498 e. The van der Waals surface area contributed by atoms with Gasteiger partial charge in [0, 0.05) is 29.2 Å². The second-order valence-corrected chi connectivity index (χ2v) is 22.7. The van der Waals surface area contributed by atoms with Gasteiger partial charge >= 0.3 is 13.2 Å². The molecule has 0 radical (unpaired) electrons. The number of ether oxygens (including phenoxy) is 2. The zero-order chi connectivity index (χ0) is 57.0. The van der Waals surface area contributed by atoms with E-state index in [1.165, 1.54) is 21.0 Å². The Bertz CT molecular complexity index is 2470. The van der Waals surface area contributed by atoms with Gasteiger partial charge in [0.05, 0.1) is 36.0 Å². The molecule has 21 nitrogen and oxygen atoms in total. The molecule has 23 heteroatoms. The van der Waals surface area contributed by atoms with Crippen LogP contribution in [0.4, 0.5) is 10.5 Å². The van der Waals surface area contributed by atoms with Gasteiger partial charge in [-0.2, -0.15) is 0 Å². The summed E-state index contributed by atoms with van der Waals surface area (Å²) >= 11 is 3.47. The van der Waals surface area contributed by atoms with Crippen molar-refractivity contribution in [2.24, 2.45) is 11.7 Å². The highest BCUT2D eigenvalue weighted by Gasteiger charge is 2.52. The van der Waals surface area contributed by atoms with Gasteiger partial charge < -0.3 is 61.7 Å². The number of hydrogen-bond acceptors (Lipinski definition) is 13. The number of nitrogens with two attached hydrogens (primary N) is 1. The smallest absolute Gasteiger partial charge is 0.497 e. The fourth-order valence-electron chi connectivity index (χ4n) is 8.42. The molecule has 7 atom stereocenters. The number of para-hydroxylation sites is 1. The van der Waals surface area contributed by atoms with Gasteiger partial charge in [-0.05, 0) is 127 Å². The van der Waals surface area contributed by atoms with E-state index in [1.807, 2.05) is 48.5 Å². The lowest BCUT2D eigenvalue weighted by Gasteiger charge is -2.32. The first kappa shape index (κ1) is 62.5. The second-order valence-electron chi connectivity index (χ2n) is 21.9. The van der Waals surface area contributed by atoms with Crippen LogP contribution in [0.1, 0.15) is 145 Å². The van der Waals surface area contributed by atoms with Crippen LogP contribution in [-0.4, -0.2) is 121 Å². The van der Waals surface area contributed by atoms with E-state index in [0.29, 0.717) is 45.3 Å². The molecule has 4 rings (SSSR count). The molecular weight excluding hydrogens is 1050 g/mol. The number of amides is 8. The van der Waals surface area contributed by atoms with E-state index in [9.17, 15) is 43.2 Å². The molecule has 2 heterocycles. The van der Waals surface area contributed by atoms with Gasteiger partial charge in [-0.15, -0.1) is 0 Å². The molecule has 0 aliphatic carbocycles. The maximum absolute atomic E-state index is 14.7. The normalized spacial score (nSPS) is 17.9. The van der Waals surface area contributed by atoms with E-state index in [-0.39, 0.29) is 44.4 Å². The standard InChI is InChI=1S/C53H78BBrN8O13/c1-14-15-19-36(40(64)21-23-42(65)57-30(5)45(67)58-29(4)44(56)66)59-49(71)39(27-33-32-17-16-18-35(55)43(32)63-46(33)68)61-47(69)37(24-28(2)3)60-48(70)38(62-50(72)74-51(6,7)8)26-31-20-22-41(73-13)34(25-31)54-75-52(9,10)53(11,12)76-54/h16-18,20,22,25,28-30,33,36-39H,14-15,19,21,23-24,26-27H2,1-13H3,(H2,56,66)(H,57,65)(H,58,67)(H,59,71)(H,60,70)(H,61,69)(H,62,72)(H,63,68)/t29-,30-,33?,36-,37-,38-,39-/m0/s1. The molecule has 1 fully saturated rings. The number of benzene rings is 2. The first-order valence-electron chi connectivity index (χ1n) is 25.8. The summed E-state index contributed by atoms with van der Waals surface area (Å²) in [5.41, 5.74) is 5.13. The number of rotatable bonds is 26. The van der Waals surface area contributed by atoms with Crippen LogP contribution in [-0.2, 0) is 58.8 Å². The maximum Gasteiger partial charge on any atom is 0.498 e. The maximum atomic E-state index is 14.7. The van der Waals surface area contributed by atoms with E-state index in [2.05, 4.69) is 53.1 Å². The quantitative estimate of drug-likeness (QED) is 0.0622. The number of carbonyl (C=O) groups is 9. The van der Waals surface area contributed by atoms with Gasteiger partial charge in [-0.1, -0.05) is 57.9 Å². The van der Waals surface area contributed by atoms with Gasteiger partial charge in [0.25, 0.3) is 0 Å². The number of halogens is 1. The molecule has 0 spiro atoms. The Morgan fingerprint density at radius 3 is 1.99 bits per heavy atom. The van der Waals surface area contributed by atoms with Crippen molar-refractivity contribution in [2.45, 2.75) is 193 Å². The third-order valence-corrected chi connectivity index (χ3v) is 14.0. The van der Waals surface area contributed by atoms with Crippen LogP contribution < -0.4 is 53.2 Å². The number of carbonyl (C=O) groups excluding carboxylic acids is 9. The van der Waals surface area contributed by atoms with Crippen LogP contribution in [0.2, 0.25) is 0 Å². The first-order chi connectivity index (χ1) is 35.4. The lowest BCUT2D eigenvalue weighted by Crippen LogP contribution is -2.58. The number of fused-ring (bicyclic) bond motifs is 1. The first-order valence-corrected chi connectivity index (χ1v) is 26.6. The summed E-state index contributed by atoms with van der Waals surface area (Å²) in [6.07, 6.45) is -0.511. The van der Waals surface area contributed by atoms with Crippen LogP contribution in [0.5, 0.6) is 5.75 Å². The summed E-state index contributed by atoms with van der Waals surface area (Å²) in [5, 5.41) is 18.8. The molecule has 2 aliphatic heterocycles. The van der Waals surface area contributed by atoms with Crippen molar-refractivity contribution >= 4 is 87.4 Å². The Morgan fingerprint density at radius 2 is 1.39 bits per heavy atom. The number of hydrogen-bond donors (Lipinski definition) is 8. The summed E-state index contributed by atoms with van der Waals surface area (Å²) in [7, 11) is 0.682. The topological polar surface area (TPSA) is 301 Å². The highest BCUT2D eigenvalue weighted by Crippen LogP contribution is 2.40. The van der Waals surface area contributed by atoms with E-state index in [1.54, 1.807) is 57.2 Å². The van der Waals surface area contributed by atoms with Crippen molar-refractivity contribution in [1.29, 1.82) is 0 Å². The number of Topliss-reactive ketones (excluding diaryl/α,β-unsaturated/α-hetero) is 1. The van der Waals surface area contributed by atoms with Crippen molar-refractivity contribution in [1.82, 2.24) is 31.9 Å². The third-order valence-electron chi connectivity index (χ3n) is 13.4. The van der Waals surface area contributed by atoms with Crippen LogP contribution in [0, 0.1) is 5.92 Å². The summed E-state index contributed by atoms with van der Waals surface area (Å²) in [6, 6.07) is 3.18. The number of methoxy groups -OCH3 is 1. The molecule has 0 bridgehead atoms. The van der Waals surface area contributed by atoms with Crippen molar-refractivity contribution in [3.8, 4) is 5.75 Å². The van der Waals surface area contributed by atoms with E-state index >= 15 is 0 Å². The Labute approximate surface area is 454 Å². The average molecular weight is 1130 g/mol. The molecule has 0 aromatic heterocycles. The lowest BCUT2D eigenvalue weighted by atomic mass is 9.77. The number of alkyl carbamates (subject to hydrolysis) is 1. The fourth-order valence-corrected chi connectivity index (χ4v) is 8.90. The fraction of sp³-hybridized carbons (Fsp3) is 0.604. The molecule has 2 aromatic carbocycles. The zero-order valence-electron chi connectivity index (χ0n) is 46.1. The highest BCUT2D eigenvalue weighted by atomic mass is 79.9. The van der Waals surface area contributed by atoms with Crippen LogP contribution in [0.25, 0.3) is 0 Å². The summed E-state index contributed by atoms with van der Waals surface area (Å²) in [4.78, 5) is 122. The predicted molar refractivity (Wildman–Crippen MR) is 289 cm³/mol. The lowest BCUT2D eigenvalue weighted by molar-refractivity contribution is -0.134. The number of primary amides is 1. The molecule has 1 saturated heterocycles. The van der Waals surface area contributed by atoms with Crippen LogP contribution in [0.3, 0.4) is 0 Å². The van der Waals surface area contributed by atoms with Gasteiger partial charge in [0.1, 0.15) is 41.6 Å². The molecular formula is C53H78BBrN8O13. The molecule has 418 valence electrons. The predicted octanol–water partition coefficient (Wildman–Crippen LogP) is 3.85. The minimum atomic E-state index is -1.45. The Morgan fingerprint density at radius 1 is 0.789 bits per heavy atom. The van der Waals surface area contributed by atoms with Crippen molar-refractivity contribution < 1.29 is 61.9 Å². The molecule has 8 amide bonds. The molecule has 2 aliphatic rings. The molecule has 2 aromatic rings. The Balaban J connectivity index is 1.64. The molecule has 9 N–H and O–H groups in total. The minimum absolute atomic E-state index is 0.0729. The minimum Gasteiger partial charge on any atom is -0.497 e. The second kappa shape index (κ2) is 26.8. The molecule has 1 unspecified atom stereocenters. The number of anilines is 1. The van der Waals surface area contributed by atoms with Crippen LogP contribution in [0.15, 0.2) is 40.9 Å². The SMILES string of the molecule is CCCC[C@H](NC(=O)[C@H](CC1C(=O)Nc2c(Br)cccc21)NC(=O)[C@H](CC(C)C)NC(=O)[C@H](Cc1ccc(OC)c(B2OC(C)(C)C(C)(C)O2)c1)NC(=O)OC(C)(C)C)C(=O)CCC(=O)N[C@@H](C)C(=O)N[C@@H](C)C(N)=O. The van der Waals surface area contributed by atoms with Gasteiger partial charge in [-0.3, -0.25) is 38.4 Å². The van der Waals surface area contributed by atoms with Crippen LogP contribution >= 0.6 is 15.9 Å². The molecule has 0 saturated carbocycles. The number of ketones is 1. The van der Waals surface area contributed by atoms with Crippen molar-refractivity contribution in [3.05, 3.63) is 52.0 Å². The summed E-state index contributed by atoms with van der Waals surface area (Å²) in [6.45, 7) is 21.1. The zero-order valence-corrected chi connectivity index (χ0v) is 47.7. The Hall–Kier alpha value is -6.07. The van der Waals surface area contributed by atoms with Crippen molar-refractivity contribution in [2.75, 3.05) is 12.4 Å². The van der Waals surface area contributed by atoms with Gasteiger partial charge in [0.15, 0.2) is 5.78 Å². The summed E-state index contributed by atoms with van der Waals surface area (Å²) < 4.78 is 24.5. The average Bonchev–Trinajstić information content (AvgIpc) is 3.76.